The zero-order valence-electron chi connectivity index (χ0n) is 21.9. The van der Waals surface area contributed by atoms with Gasteiger partial charge in [0.2, 0.25) is 0 Å². The Kier molecular flexibility index (Phi) is 9.57. The van der Waals surface area contributed by atoms with Gasteiger partial charge in [-0.2, -0.15) is 0 Å². The minimum absolute atomic E-state index is 0.168. The first-order chi connectivity index (χ1) is 18.7. The van der Waals surface area contributed by atoms with Crippen LogP contribution in [0.3, 0.4) is 0 Å². The number of carbonyl (C=O) groups is 1. The van der Waals surface area contributed by atoms with Crippen LogP contribution in [0.4, 0.5) is 10.5 Å². The number of hydrogen-bond acceptors (Lipinski definition) is 3. The van der Waals surface area contributed by atoms with Crippen molar-refractivity contribution in [1.29, 1.82) is 0 Å². The summed E-state index contributed by atoms with van der Waals surface area (Å²) in [5, 5.41) is 3.04. The number of methoxy groups -OCH3 is 2. The van der Waals surface area contributed by atoms with Gasteiger partial charge >= 0.3 is 6.03 Å². The molecule has 0 unspecified atom stereocenters. The van der Waals surface area contributed by atoms with Crippen molar-refractivity contribution in [2.24, 2.45) is 0 Å². The SMILES string of the molecule is COc1ccc(NC(=O)N(CC=Cc2ccccc2)CCC(c2ccccc2)c2ccccc2)c(OC)c1. The summed E-state index contributed by atoms with van der Waals surface area (Å²) in [6, 6.07) is 36.2. The van der Waals surface area contributed by atoms with Crippen LogP contribution in [0.15, 0.2) is 115 Å². The van der Waals surface area contributed by atoms with Gasteiger partial charge in [-0.05, 0) is 35.2 Å². The van der Waals surface area contributed by atoms with Crippen LogP contribution in [0.5, 0.6) is 11.5 Å². The molecule has 5 heteroatoms. The van der Waals surface area contributed by atoms with Crippen LogP contribution >= 0.6 is 0 Å². The second kappa shape index (κ2) is 13.7. The summed E-state index contributed by atoms with van der Waals surface area (Å²) in [5.74, 6) is 1.38. The van der Waals surface area contributed by atoms with Gasteiger partial charge in [-0.25, -0.2) is 4.79 Å². The zero-order valence-corrected chi connectivity index (χ0v) is 21.9. The lowest BCUT2D eigenvalue weighted by atomic mass is 9.88. The van der Waals surface area contributed by atoms with E-state index in [1.54, 1.807) is 32.4 Å². The molecule has 0 aromatic heterocycles. The van der Waals surface area contributed by atoms with E-state index < -0.39 is 0 Å². The molecular formula is C33H34N2O3. The van der Waals surface area contributed by atoms with E-state index in [-0.39, 0.29) is 11.9 Å². The normalized spacial score (nSPS) is 10.9. The predicted molar refractivity (Wildman–Crippen MR) is 155 cm³/mol. The Morgan fingerprint density at radius 1 is 0.816 bits per heavy atom. The number of amides is 2. The third-order valence-electron chi connectivity index (χ3n) is 6.46. The van der Waals surface area contributed by atoms with Crippen LogP contribution in [0.1, 0.15) is 29.0 Å². The lowest BCUT2D eigenvalue weighted by molar-refractivity contribution is 0.215. The Morgan fingerprint density at radius 3 is 2.00 bits per heavy atom. The number of ether oxygens (including phenoxy) is 2. The van der Waals surface area contributed by atoms with E-state index >= 15 is 0 Å². The molecule has 0 atom stereocenters. The number of nitrogens with one attached hydrogen (secondary N) is 1. The van der Waals surface area contributed by atoms with Crippen molar-refractivity contribution in [3.8, 4) is 11.5 Å². The van der Waals surface area contributed by atoms with E-state index in [9.17, 15) is 4.79 Å². The molecule has 0 fully saturated rings. The van der Waals surface area contributed by atoms with E-state index in [0.29, 0.717) is 30.3 Å². The Bertz CT molecular complexity index is 1270. The van der Waals surface area contributed by atoms with Gasteiger partial charge in [-0.1, -0.05) is 103 Å². The second-order valence-corrected chi connectivity index (χ2v) is 8.92. The van der Waals surface area contributed by atoms with Gasteiger partial charge in [0.15, 0.2) is 0 Å². The Labute approximate surface area is 225 Å². The fraction of sp³-hybridized carbons (Fsp3) is 0.182. The van der Waals surface area contributed by atoms with Crippen molar-refractivity contribution in [2.75, 3.05) is 32.6 Å². The molecule has 0 saturated heterocycles. The molecular weight excluding hydrogens is 472 g/mol. The van der Waals surface area contributed by atoms with Crippen LogP contribution in [-0.4, -0.2) is 38.2 Å². The van der Waals surface area contributed by atoms with Crippen LogP contribution in [-0.2, 0) is 0 Å². The molecule has 38 heavy (non-hydrogen) atoms. The van der Waals surface area contributed by atoms with Crippen LogP contribution < -0.4 is 14.8 Å². The summed E-state index contributed by atoms with van der Waals surface area (Å²) in [6.45, 7) is 1.04. The third-order valence-corrected chi connectivity index (χ3v) is 6.46. The highest BCUT2D eigenvalue weighted by Gasteiger charge is 2.19. The highest BCUT2D eigenvalue weighted by Crippen LogP contribution is 2.30. The predicted octanol–water partition coefficient (Wildman–Crippen LogP) is 7.47. The van der Waals surface area contributed by atoms with Crippen molar-refractivity contribution in [1.82, 2.24) is 4.90 Å². The minimum Gasteiger partial charge on any atom is -0.497 e. The summed E-state index contributed by atoms with van der Waals surface area (Å²) in [7, 11) is 3.18. The molecule has 0 aliphatic carbocycles. The first kappa shape index (κ1) is 26.6. The van der Waals surface area contributed by atoms with E-state index in [1.807, 2.05) is 59.5 Å². The molecule has 0 spiro atoms. The molecule has 194 valence electrons. The minimum atomic E-state index is -0.189. The number of hydrogen-bond donors (Lipinski definition) is 1. The second-order valence-electron chi connectivity index (χ2n) is 8.92. The molecule has 5 nitrogen and oxygen atoms in total. The van der Waals surface area contributed by atoms with Crippen LogP contribution in [0.2, 0.25) is 0 Å². The van der Waals surface area contributed by atoms with Gasteiger partial charge in [0.05, 0.1) is 19.9 Å². The number of carbonyl (C=O) groups excluding carboxylic acids is 1. The van der Waals surface area contributed by atoms with Crippen molar-refractivity contribution in [2.45, 2.75) is 12.3 Å². The van der Waals surface area contributed by atoms with E-state index in [0.717, 1.165) is 12.0 Å². The molecule has 0 radical (unpaired) electrons. The van der Waals surface area contributed by atoms with Crippen LogP contribution in [0.25, 0.3) is 6.08 Å². The van der Waals surface area contributed by atoms with Gasteiger partial charge in [-0.15, -0.1) is 0 Å². The largest absolute Gasteiger partial charge is 0.497 e. The quantitative estimate of drug-likeness (QED) is 0.229. The standard InChI is InChI=1S/C33H34N2O3/c1-37-29-20-21-31(32(25-29)38-2)34-33(36)35(23-12-15-26-13-6-3-7-14-26)24-22-30(27-16-8-4-9-17-27)28-18-10-5-11-19-28/h3-21,25,30H,22-24H2,1-2H3,(H,34,36). The van der Waals surface area contributed by atoms with Crippen molar-refractivity contribution in [3.05, 3.63) is 132 Å². The molecule has 0 saturated carbocycles. The summed E-state index contributed by atoms with van der Waals surface area (Å²) in [6.07, 6.45) is 4.85. The zero-order chi connectivity index (χ0) is 26.6. The molecule has 4 aromatic rings. The molecule has 0 aliphatic heterocycles. The number of urea groups is 1. The molecule has 0 bridgehead atoms. The van der Waals surface area contributed by atoms with Crippen LogP contribution in [0, 0.1) is 0 Å². The van der Waals surface area contributed by atoms with Crippen molar-refractivity contribution in [3.63, 3.8) is 0 Å². The Hall–Kier alpha value is -4.51. The summed E-state index contributed by atoms with van der Waals surface area (Å²) in [4.78, 5) is 15.4. The van der Waals surface area contributed by atoms with Gasteiger partial charge in [0.25, 0.3) is 0 Å². The lowest BCUT2D eigenvalue weighted by Crippen LogP contribution is -2.36. The lowest BCUT2D eigenvalue weighted by Gasteiger charge is -2.26. The molecule has 2 amide bonds. The van der Waals surface area contributed by atoms with Gasteiger partial charge in [0, 0.05) is 25.1 Å². The van der Waals surface area contributed by atoms with Gasteiger partial charge < -0.3 is 19.7 Å². The fourth-order valence-electron chi connectivity index (χ4n) is 4.43. The monoisotopic (exact) mass is 506 g/mol. The van der Waals surface area contributed by atoms with E-state index in [1.165, 1.54) is 11.1 Å². The van der Waals surface area contributed by atoms with E-state index in [4.69, 9.17) is 9.47 Å². The van der Waals surface area contributed by atoms with Gasteiger partial charge in [-0.3, -0.25) is 0 Å². The van der Waals surface area contributed by atoms with Crippen molar-refractivity contribution >= 4 is 17.8 Å². The third kappa shape index (κ3) is 7.26. The molecule has 4 rings (SSSR count). The number of rotatable bonds is 11. The highest BCUT2D eigenvalue weighted by molar-refractivity contribution is 5.91. The van der Waals surface area contributed by atoms with Gasteiger partial charge in [0.1, 0.15) is 11.5 Å². The summed E-state index contributed by atoms with van der Waals surface area (Å²) < 4.78 is 10.8. The summed E-state index contributed by atoms with van der Waals surface area (Å²) >= 11 is 0. The summed E-state index contributed by atoms with van der Waals surface area (Å²) in [5.41, 5.74) is 4.15. The maximum atomic E-state index is 13.6. The highest BCUT2D eigenvalue weighted by atomic mass is 16.5. The first-order valence-corrected chi connectivity index (χ1v) is 12.8. The average Bonchev–Trinajstić information content (AvgIpc) is 2.98. The smallest absolute Gasteiger partial charge is 0.322 e. The molecule has 0 heterocycles. The number of anilines is 1. The maximum absolute atomic E-state index is 13.6. The van der Waals surface area contributed by atoms with E-state index in [2.05, 4.69) is 53.8 Å². The number of nitrogens with zero attached hydrogens (tertiary/aromatic N) is 1. The Balaban J connectivity index is 1.55. The first-order valence-electron chi connectivity index (χ1n) is 12.8. The molecule has 1 N–H and O–H groups in total. The number of benzene rings is 4. The maximum Gasteiger partial charge on any atom is 0.322 e. The molecule has 4 aromatic carbocycles. The fourth-order valence-corrected chi connectivity index (χ4v) is 4.43. The average molecular weight is 507 g/mol. The van der Waals surface area contributed by atoms with Crippen molar-refractivity contribution < 1.29 is 14.3 Å². The Morgan fingerprint density at radius 2 is 1.42 bits per heavy atom. The molecule has 0 aliphatic rings. The topological polar surface area (TPSA) is 50.8 Å².